The maximum atomic E-state index is 6.34. The molecule has 0 saturated carbocycles. The molecule has 2 aliphatic rings. The molecule has 0 radical (unpaired) electrons. The molecular formula is C15H28OS. The lowest BCUT2D eigenvalue weighted by atomic mass is 9.71. The van der Waals surface area contributed by atoms with Gasteiger partial charge < -0.3 is 4.74 Å². The SMILES string of the molecule is CCCC1(C)CCCSC2(C)CCCCOC12. The highest BCUT2D eigenvalue weighted by molar-refractivity contribution is 8.00. The molecule has 0 spiro atoms. The van der Waals surface area contributed by atoms with Crippen LogP contribution in [0.3, 0.4) is 0 Å². The lowest BCUT2D eigenvalue weighted by Crippen LogP contribution is -2.47. The number of fused-ring (bicyclic) bond motifs is 1. The van der Waals surface area contributed by atoms with Crippen molar-refractivity contribution in [3.63, 3.8) is 0 Å². The number of hydrogen-bond acceptors (Lipinski definition) is 2. The maximum absolute atomic E-state index is 6.34. The van der Waals surface area contributed by atoms with Crippen molar-refractivity contribution < 1.29 is 4.74 Å². The molecule has 1 nitrogen and oxygen atoms in total. The smallest absolute Gasteiger partial charge is 0.0772 e. The van der Waals surface area contributed by atoms with E-state index >= 15 is 0 Å². The van der Waals surface area contributed by atoms with Crippen LogP contribution in [-0.4, -0.2) is 23.2 Å². The molecule has 0 N–H and O–H groups in total. The molecule has 2 heteroatoms. The number of hydrogen-bond donors (Lipinski definition) is 0. The fourth-order valence-corrected chi connectivity index (χ4v) is 5.46. The molecule has 0 aromatic heterocycles. The van der Waals surface area contributed by atoms with Crippen molar-refractivity contribution in [1.29, 1.82) is 0 Å². The summed E-state index contributed by atoms with van der Waals surface area (Å²) in [4.78, 5) is 0. The van der Waals surface area contributed by atoms with Gasteiger partial charge in [0, 0.05) is 11.4 Å². The minimum absolute atomic E-state index is 0.372. The Bertz CT molecular complexity index is 251. The van der Waals surface area contributed by atoms with Gasteiger partial charge in [0.15, 0.2) is 0 Å². The van der Waals surface area contributed by atoms with E-state index in [2.05, 4.69) is 32.5 Å². The number of rotatable bonds is 2. The van der Waals surface area contributed by atoms with E-state index in [1.807, 2.05) is 0 Å². The van der Waals surface area contributed by atoms with E-state index in [4.69, 9.17) is 4.74 Å². The third-order valence-electron chi connectivity index (χ3n) is 4.68. The Morgan fingerprint density at radius 3 is 2.76 bits per heavy atom. The first kappa shape index (κ1) is 13.7. The van der Waals surface area contributed by atoms with Crippen LogP contribution in [0, 0.1) is 5.41 Å². The molecule has 2 fully saturated rings. The van der Waals surface area contributed by atoms with Crippen LogP contribution >= 0.6 is 11.8 Å². The van der Waals surface area contributed by atoms with E-state index in [0.29, 0.717) is 16.3 Å². The molecule has 3 atom stereocenters. The second-order valence-corrected chi connectivity index (χ2v) is 8.01. The van der Waals surface area contributed by atoms with Crippen LogP contribution < -0.4 is 0 Å². The van der Waals surface area contributed by atoms with E-state index in [9.17, 15) is 0 Å². The van der Waals surface area contributed by atoms with Gasteiger partial charge in [-0.15, -0.1) is 0 Å². The summed E-state index contributed by atoms with van der Waals surface area (Å²) in [5, 5.41) is 0. The first-order valence-electron chi connectivity index (χ1n) is 7.36. The van der Waals surface area contributed by atoms with Gasteiger partial charge in [0.25, 0.3) is 0 Å². The highest BCUT2D eigenvalue weighted by Gasteiger charge is 2.48. The zero-order valence-electron chi connectivity index (χ0n) is 11.8. The Hall–Kier alpha value is 0.310. The quantitative estimate of drug-likeness (QED) is 0.711. The second kappa shape index (κ2) is 5.52. The predicted octanol–water partition coefficient (Wildman–Crippen LogP) is 4.65. The molecule has 2 heterocycles. The fourth-order valence-electron chi connectivity index (χ4n) is 3.91. The van der Waals surface area contributed by atoms with Gasteiger partial charge in [-0.25, -0.2) is 0 Å². The van der Waals surface area contributed by atoms with Gasteiger partial charge in [-0.05, 0) is 56.6 Å². The molecule has 100 valence electrons. The summed E-state index contributed by atoms with van der Waals surface area (Å²) in [7, 11) is 0. The monoisotopic (exact) mass is 256 g/mol. The average Bonchev–Trinajstić information content (AvgIpc) is 2.53. The van der Waals surface area contributed by atoms with Gasteiger partial charge in [0.05, 0.1) is 6.10 Å². The minimum atomic E-state index is 0.372. The summed E-state index contributed by atoms with van der Waals surface area (Å²) in [5.41, 5.74) is 0.414. The van der Waals surface area contributed by atoms with E-state index in [-0.39, 0.29) is 0 Å². The topological polar surface area (TPSA) is 9.23 Å². The molecule has 3 unspecified atom stereocenters. The van der Waals surface area contributed by atoms with Crippen LogP contribution in [0.5, 0.6) is 0 Å². The lowest BCUT2D eigenvalue weighted by Gasteiger charge is -2.44. The first-order chi connectivity index (χ1) is 8.11. The molecule has 0 bridgehead atoms. The molecule has 2 rings (SSSR count). The Morgan fingerprint density at radius 2 is 2.00 bits per heavy atom. The summed E-state index contributed by atoms with van der Waals surface area (Å²) in [5.74, 6) is 1.33. The molecule has 0 aliphatic carbocycles. The summed E-state index contributed by atoms with van der Waals surface area (Å²) in [6, 6.07) is 0. The molecule has 2 saturated heterocycles. The summed E-state index contributed by atoms with van der Waals surface area (Å²) >= 11 is 2.19. The van der Waals surface area contributed by atoms with Crippen LogP contribution in [-0.2, 0) is 4.74 Å². The van der Waals surface area contributed by atoms with E-state index in [1.165, 1.54) is 50.7 Å². The lowest BCUT2D eigenvalue weighted by molar-refractivity contribution is -0.0522. The predicted molar refractivity (Wildman–Crippen MR) is 76.7 cm³/mol. The van der Waals surface area contributed by atoms with Crippen molar-refractivity contribution in [1.82, 2.24) is 0 Å². The fraction of sp³-hybridized carbons (Fsp3) is 1.00. The highest BCUT2D eigenvalue weighted by Crippen LogP contribution is 2.51. The molecule has 17 heavy (non-hydrogen) atoms. The molecule has 2 aliphatic heterocycles. The van der Waals surface area contributed by atoms with Crippen LogP contribution in [0.4, 0.5) is 0 Å². The van der Waals surface area contributed by atoms with E-state index in [1.54, 1.807) is 0 Å². The van der Waals surface area contributed by atoms with Gasteiger partial charge in [0.1, 0.15) is 0 Å². The summed E-state index contributed by atoms with van der Waals surface area (Å²) < 4.78 is 6.71. The van der Waals surface area contributed by atoms with Crippen molar-refractivity contribution >= 4 is 11.8 Å². The van der Waals surface area contributed by atoms with Gasteiger partial charge in [-0.2, -0.15) is 11.8 Å². The zero-order valence-corrected chi connectivity index (χ0v) is 12.6. The van der Waals surface area contributed by atoms with Crippen LogP contribution in [0.15, 0.2) is 0 Å². The Kier molecular flexibility index (Phi) is 4.46. The second-order valence-electron chi connectivity index (χ2n) is 6.38. The van der Waals surface area contributed by atoms with Crippen molar-refractivity contribution in [2.75, 3.05) is 12.4 Å². The number of ether oxygens (including phenoxy) is 1. The van der Waals surface area contributed by atoms with Crippen molar-refractivity contribution in [2.24, 2.45) is 5.41 Å². The standard InChI is InChI=1S/C15H28OS/c1-4-8-14(2)9-7-12-17-15(3)10-5-6-11-16-13(14)15/h13H,4-12H2,1-3H3. The minimum Gasteiger partial charge on any atom is -0.376 e. The van der Waals surface area contributed by atoms with Gasteiger partial charge in [-0.3, -0.25) is 0 Å². The summed E-state index contributed by atoms with van der Waals surface area (Å²) in [6.07, 6.45) is 9.78. The van der Waals surface area contributed by atoms with E-state index < -0.39 is 0 Å². The third kappa shape index (κ3) is 2.84. The Morgan fingerprint density at radius 1 is 1.18 bits per heavy atom. The van der Waals surface area contributed by atoms with Crippen molar-refractivity contribution in [3.05, 3.63) is 0 Å². The van der Waals surface area contributed by atoms with Crippen molar-refractivity contribution in [2.45, 2.75) is 76.6 Å². The van der Waals surface area contributed by atoms with Gasteiger partial charge in [0.2, 0.25) is 0 Å². The Balaban J connectivity index is 2.25. The van der Waals surface area contributed by atoms with E-state index in [0.717, 1.165) is 6.61 Å². The van der Waals surface area contributed by atoms with Crippen LogP contribution in [0.25, 0.3) is 0 Å². The largest absolute Gasteiger partial charge is 0.376 e. The first-order valence-corrected chi connectivity index (χ1v) is 8.35. The molecule has 0 aromatic rings. The van der Waals surface area contributed by atoms with Gasteiger partial charge in [-0.1, -0.05) is 20.3 Å². The number of thioether (sulfide) groups is 1. The van der Waals surface area contributed by atoms with Crippen LogP contribution in [0.2, 0.25) is 0 Å². The van der Waals surface area contributed by atoms with Gasteiger partial charge >= 0.3 is 0 Å². The Labute approximate surface area is 111 Å². The van der Waals surface area contributed by atoms with Crippen LogP contribution in [0.1, 0.15) is 65.7 Å². The molecule has 0 amide bonds. The van der Waals surface area contributed by atoms with Crippen molar-refractivity contribution in [3.8, 4) is 0 Å². The average molecular weight is 256 g/mol. The highest BCUT2D eigenvalue weighted by atomic mass is 32.2. The third-order valence-corrected chi connectivity index (χ3v) is 6.26. The molecule has 0 aromatic carbocycles. The summed E-state index contributed by atoms with van der Waals surface area (Å²) in [6.45, 7) is 8.25. The maximum Gasteiger partial charge on any atom is 0.0772 e. The zero-order chi connectivity index (χ0) is 12.4. The molecular weight excluding hydrogens is 228 g/mol. The normalized spacial score (nSPS) is 43.6.